The van der Waals surface area contributed by atoms with Gasteiger partial charge in [-0.3, -0.25) is 5.10 Å². The number of nitrogens with one attached hydrogen (secondary N) is 1. The summed E-state index contributed by atoms with van der Waals surface area (Å²) in [7, 11) is 0. The van der Waals surface area contributed by atoms with Crippen molar-refractivity contribution in [3.05, 3.63) is 17.0 Å². The predicted molar refractivity (Wildman–Crippen MR) is 46.0 cm³/mol. The van der Waals surface area contributed by atoms with Crippen LogP contribution in [-0.4, -0.2) is 16.8 Å². The Balaban J connectivity index is 2.38. The van der Waals surface area contributed by atoms with E-state index in [2.05, 4.69) is 16.3 Å². The fourth-order valence-corrected chi connectivity index (χ4v) is 1.55. The van der Waals surface area contributed by atoms with E-state index in [9.17, 15) is 0 Å². The van der Waals surface area contributed by atoms with Gasteiger partial charge in [-0.25, -0.2) is 0 Å². The van der Waals surface area contributed by atoms with Crippen molar-refractivity contribution < 1.29 is 4.74 Å². The number of aromatic amines is 1. The number of H-pyrrole nitrogens is 1. The summed E-state index contributed by atoms with van der Waals surface area (Å²) in [5.74, 6) is -0.151. The van der Waals surface area contributed by atoms with E-state index < -0.39 is 0 Å². The second-order valence-electron chi connectivity index (χ2n) is 3.22. The zero-order valence-corrected chi connectivity index (χ0v) is 7.50. The maximum Gasteiger partial charge on any atom is 0.0878 e. The molecule has 2 rings (SSSR count). The number of hydrogen-bond donors (Lipinski definition) is 1. The lowest BCUT2D eigenvalue weighted by molar-refractivity contribution is 0.109. The van der Waals surface area contributed by atoms with E-state index in [4.69, 9.17) is 10.00 Å². The summed E-state index contributed by atoms with van der Waals surface area (Å²) in [4.78, 5) is 0. The van der Waals surface area contributed by atoms with Gasteiger partial charge in [-0.1, -0.05) is 0 Å². The predicted octanol–water partition coefficient (Wildman–Crippen LogP) is 1.11. The highest BCUT2D eigenvalue weighted by Crippen LogP contribution is 2.23. The van der Waals surface area contributed by atoms with E-state index in [-0.39, 0.29) is 5.92 Å². The van der Waals surface area contributed by atoms with Crippen LogP contribution in [0.15, 0.2) is 0 Å². The smallest absolute Gasteiger partial charge is 0.0878 e. The van der Waals surface area contributed by atoms with Gasteiger partial charge < -0.3 is 4.74 Å². The maximum absolute atomic E-state index is 8.76. The monoisotopic (exact) mass is 177 g/mol. The quantitative estimate of drug-likeness (QED) is 0.698. The Labute approximate surface area is 76.5 Å². The summed E-state index contributed by atoms with van der Waals surface area (Å²) >= 11 is 0. The van der Waals surface area contributed by atoms with Crippen molar-refractivity contribution in [3.63, 3.8) is 0 Å². The molecule has 1 aromatic rings. The van der Waals surface area contributed by atoms with Gasteiger partial charge in [0, 0.05) is 17.7 Å². The first-order valence-corrected chi connectivity index (χ1v) is 4.36. The Hall–Kier alpha value is -1.34. The maximum atomic E-state index is 8.76. The molecule has 68 valence electrons. The van der Waals surface area contributed by atoms with Gasteiger partial charge in [0.15, 0.2) is 0 Å². The molecule has 0 aromatic carbocycles. The summed E-state index contributed by atoms with van der Waals surface area (Å²) in [5.41, 5.74) is 3.06. The highest BCUT2D eigenvalue weighted by molar-refractivity contribution is 5.31. The van der Waals surface area contributed by atoms with Gasteiger partial charge in [-0.15, -0.1) is 0 Å². The number of aromatic nitrogens is 2. The van der Waals surface area contributed by atoms with E-state index >= 15 is 0 Å². The Morgan fingerprint density at radius 3 is 3.31 bits per heavy atom. The van der Waals surface area contributed by atoms with Crippen LogP contribution in [-0.2, 0) is 17.8 Å². The van der Waals surface area contributed by atoms with E-state index in [0.29, 0.717) is 6.61 Å². The van der Waals surface area contributed by atoms with Crippen molar-refractivity contribution in [2.24, 2.45) is 0 Å². The van der Waals surface area contributed by atoms with Crippen LogP contribution in [0, 0.1) is 11.3 Å². The molecule has 1 aliphatic rings. The first kappa shape index (κ1) is 8.27. The molecule has 1 unspecified atom stereocenters. The average molecular weight is 177 g/mol. The number of hydrogen-bond acceptors (Lipinski definition) is 3. The van der Waals surface area contributed by atoms with Crippen LogP contribution >= 0.6 is 0 Å². The third-order valence-corrected chi connectivity index (χ3v) is 2.33. The molecule has 1 aromatic heterocycles. The number of ether oxygens (including phenoxy) is 1. The van der Waals surface area contributed by atoms with Gasteiger partial charge in [-0.05, 0) is 6.92 Å². The molecule has 4 heteroatoms. The lowest BCUT2D eigenvalue weighted by atomic mass is 10.0. The molecule has 0 radical (unpaired) electrons. The molecular weight excluding hydrogens is 166 g/mol. The Morgan fingerprint density at radius 1 is 1.69 bits per heavy atom. The molecule has 4 nitrogen and oxygen atoms in total. The standard InChI is InChI=1S/C9H11N3O/c1-6(4-10)9-7-5-13-3-2-8(7)11-12-9/h6H,2-3,5H2,1H3,(H,11,12). The third-order valence-electron chi connectivity index (χ3n) is 2.33. The molecule has 1 aliphatic heterocycles. The molecule has 0 fully saturated rings. The van der Waals surface area contributed by atoms with Gasteiger partial charge in [-0.2, -0.15) is 10.4 Å². The first-order chi connectivity index (χ1) is 6.33. The van der Waals surface area contributed by atoms with Gasteiger partial charge in [0.2, 0.25) is 0 Å². The highest BCUT2D eigenvalue weighted by Gasteiger charge is 2.20. The van der Waals surface area contributed by atoms with Crippen LogP contribution in [0.25, 0.3) is 0 Å². The minimum Gasteiger partial charge on any atom is -0.376 e. The molecule has 0 saturated heterocycles. The number of fused-ring (bicyclic) bond motifs is 1. The van der Waals surface area contributed by atoms with E-state index in [1.165, 1.54) is 0 Å². The first-order valence-electron chi connectivity index (χ1n) is 4.36. The minimum absolute atomic E-state index is 0.151. The SMILES string of the molecule is CC(C#N)c1n[nH]c2c1COCC2. The van der Waals surface area contributed by atoms with Crippen LogP contribution in [0.2, 0.25) is 0 Å². The lowest BCUT2D eigenvalue weighted by Crippen LogP contribution is -2.10. The fourth-order valence-electron chi connectivity index (χ4n) is 1.55. The molecule has 0 spiro atoms. The number of nitriles is 1. The Kier molecular flexibility index (Phi) is 2.03. The van der Waals surface area contributed by atoms with E-state index in [1.807, 2.05) is 6.92 Å². The van der Waals surface area contributed by atoms with Gasteiger partial charge in [0.05, 0.1) is 30.9 Å². The zero-order valence-electron chi connectivity index (χ0n) is 7.50. The van der Waals surface area contributed by atoms with Crippen molar-refractivity contribution in [1.82, 2.24) is 10.2 Å². The summed E-state index contributed by atoms with van der Waals surface area (Å²) < 4.78 is 5.32. The van der Waals surface area contributed by atoms with Crippen LogP contribution in [0.5, 0.6) is 0 Å². The van der Waals surface area contributed by atoms with Gasteiger partial charge >= 0.3 is 0 Å². The summed E-state index contributed by atoms with van der Waals surface area (Å²) in [6.07, 6.45) is 0.875. The summed E-state index contributed by atoms with van der Waals surface area (Å²) in [6.45, 7) is 3.19. The van der Waals surface area contributed by atoms with Gasteiger partial charge in [0.25, 0.3) is 0 Å². The average Bonchev–Trinajstić information content (AvgIpc) is 2.60. The van der Waals surface area contributed by atoms with Crippen molar-refractivity contribution in [2.75, 3.05) is 6.61 Å². The second kappa shape index (κ2) is 3.19. The molecule has 0 saturated carbocycles. The molecule has 0 amide bonds. The highest BCUT2D eigenvalue weighted by atomic mass is 16.5. The minimum atomic E-state index is -0.151. The van der Waals surface area contributed by atoms with Crippen molar-refractivity contribution in [2.45, 2.75) is 25.9 Å². The molecule has 1 atom stereocenters. The normalized spacial score (nSPS) is 17.5. The van der Waals surface area contributed by atoms with Crippen LogP contribution in [0.1, 0.15) is 29.8 Å². The van der Waals surface area contributed by atoms with E-state index in [0.717, 1.165) is 30.0 Å². The van der Waals surface area contributed by atoms with E-state index in [1.54, 1.807) is 0 Å². The number of rotatable bonds is 1. The second-order valence-corrected chi connectivity index (χ2v) is 3.22. The molecule has 0 bridgehead atoms. The molecule has 2 heterocycles. The third kappa shape index (κ3) is 1.31. The van der Waals surface area contributed by atoms with Gasteiger partial charge in [0.1, 0.15) is 0 Å². The molecule has 1 N–H and O–H groups in total. The van der Waals surface area contributed by atoms with Crippen LogP contribution in [0.3, 0.4) is 0 Å². The molecule has 0 aliphatic carbocycles. The number of nitrogens with zero attached hydrogens (tertiary/aromatic N) is 2. The van der Waals surface area contributed by atoms with Crippen molar-refractivity contribution >= 4 is 0 Å². The Bertz CT molecular complexity index is 350. The summed E-state index contributed by atoms with van der Waals surface area (Å²) in [6, 6.07) is 2.18. The van der Waals surface area contributed by atoms with Crippen LogP contribution in [0.4, 0.5) is 0 Å². The Morgan fingerprint density at radius 2 is 2.54 bits per heavy atom. The van der Waals surface area contributed by atoms with Crippen LogP contribution < -0.4 is 0 Å². The largest absolute Gasteiger partial charge is 0.376 e. The fraction of sp³-hybridized carbons (Fsp3) is 0.556. The van der Waals surface area contributed by atoms with Crippen molar-refractivity contribution in [3.8, 4) is 6.07 Å². The topological polar surface area (TPSA) is 61.7 Å². The molecule has 13 heavy (non-hydrogen) atoms. The summed E-state index contributed by atoms with van der Waals surface area (Å²) in [5, 5.41) is 15.9. The van der Waals surface area contributed by atoms with Crippen molar-refractivity contribution in [1.29, 1.82) is 5.26 Å². The zero-order chi connectivity index (χ0) is 9.26. The molecular formula is C9H11N3O. The lowest BCUT2D eigenvalue weighted by Gasteiger charge is -2.12.